The molecule has 0 spiro atoms. The van der Waals surface area contributed by atoms with Gasteiger partial charge in [-0.05, 0) is 31.6 Å². The molecule has 3 aliphatic rings. The molecule has 0 aromatic carbocycles. The van der Waals surface area contributed by atoms with Crippen molar-refractivity contribution in [1.29, 1.82) is 0 Å². The van der Waals surface area contributed by atoms with Gasteiger partial charge in [0.15, 0.2) is 0 Å². The van der Waals surface area contributed by atoms with E-state index < -0.39 is 20.4 Å². The minimum Gasteiger partial charge on any atom is -0.260 e. The third kappa shape index (κ3) is 2.98. The van der Waals surface area contributed by atoms with Crippen LogP contribution in [0.1, 0.15) is 38.5 Å². The first-order valence-electron chi connectivity index (χ1n) is 8.44. The van der Waals surface area contributed by atoms with Crippen molar-refractivity contribution in [2.45, 2.75) is 56.7 Å². The van der Waals surface area contributed by atoms with E-state index >= 15 is 0 Å². The first-order valence-corrected chi connectivity index (χ1v) is 11.3. The number of rotatable bonds is 4. The summed E-state index contributed by atoms with van der Waals surface area (Å²) >= 11 is 0. The summed E-state index contributed by atoms with van der Waals surface area (Å²) in [5.41, 5.74) is 0. The van der Waals surface area contributed by atoms with Crippen LogP contribution in [0, 0.1) is 5.92 Å². The van der Waals surface area contributed by atoms with Gasteiger partial charge in [-0.15, -0.1) is 0 Å². The van der Waals surface area contributed by atoms with Crippen molar-refractivity contribution in [2.24, 2.45) is 5.92 Å². The minimum absolute atomic E-state index is 0.0378. The van der Waals surface area contributed by atoms with E-state index in [2.05, 4.69) is 9.44 Å². The van der Waals surface area contributed by atoms with Crippen LogP contribution in [0.3, 0.4) is 0 Å². The Kier molecular flexibility index (Phi) is 4.95. The molecule has 4 atom stereocenters. The molecular formula is C14H26N4O4S2. The summed E-state index contributed by atoms with van der Waals surface area (Å²) in [6.07, 6.45) is 8.35. The second kappa shape index (κ2) is 6.56. The van der Waals surface area contributed by atoms with Crippen molar-refractivity contribution in [3.8, 4) is 0 Å². The Labute approximate surface area is 144 Å². The van der Waals surface area contributed by atoms with Crippen LogP contribution in [0.25, 0.3) is 0 Å². The largest absolute Gasteiger partial charge is 0.301 e. The maximum atomic E-state index is 12.7. The van der Waals surface area contributed by atoms with Crippen molar-refractivity contribution in [3.63, 3.8) is 0 Å². The minimum atomic E-state index is -3.66. The quantitative estimate of drug-likeness (QED) is 0.727. The summed E-state index contributed by atoms with van der Waals surface area (Å²) in [7, 11) is -4.50. The SMILES string of the molecule is CNS(=O)(=O)N1C=CC2CCC1C1CCCCC2N1S(=O)(=O)NC. The molecule has 0 saturated carbocycles. The highest BCUT2D eigenvalue weighted by atomic mass is 32.2. The topological polar surface area (TPSA) is 98.8 Å². The van der Waals surface area contributed by atoms with Crippen LogP contribution in [0.4, 0.5) is 0 Å². The molecule has 3 aliphatic heterocycles. The maximum Gasteiger partial charge on any atom is 0.301 e. The summed E-state index contributed by atoms with van der Waals surface area (Å²) in [4.78, 5) is 0. The van der Waals surface area contributed by atoms with Gasteiger partial charge in [0.05, 0.1) is 6.04 Å². The lowest BCUT2D eigenvalue weighted by atomic mass is 9.91. The third-order valence-corrected chi connectivity index (χ3v) is 8.59. The molecule has 8 nitrogen and oxygen atoms in total. The second-order valence-electron chi connectivity index (χ2n) is 6.65. The molecule has 3 heterocycles. The van der Waals surface area contributed by atoms with Crippen molar-refractivity contribution in [3.05, 3.63) is 12.3 Å². The summed E-state index contributed by atoms with van der Waals surface area (Å²) in [5, 5.41) is 0. The van der Waals surface area contributed by atoms with Gasteiger partial charge in [-0.1, -0.05) is 18.9 Å². The van der Waals surface area contributed by atoms with Crippen molar-refractivity contribution in [1.82, 2.24) is 18.1 Å². The molecule has 0 aliphatic carbocycles. The summed E-state index contributed by atoms with van der Waals surface area (Å²) in [6, 6.07) is -0.821. The normalized spacial score (nSPS) is 34.7. The Morgan fingerprint density at radius 1 is 0.833 bits per heavy atom. The molecule has 4 unspecified atom stereocenters. The predicted octanol–water partition coefficient (Wildman–Crippen LogP) is 0.136. The lowest BCUT2D eigenvalue weighted by molar-refractivity contribution is 0.174. The molecule has 3 rings (SSSR count). The zero-order valence-electron chi connectivity index (χ0n) is 14.1. The number of nitrogens with one attached hydrogen (secondary N) is 2. The van der Waals surface area contributed by atoms with Crippen LogP contribution in [-0.4, -0.2) is 57.7 Å². The van der Waals surface area contributed by atoms with E-state index in [9.17, 15) is 16.8 Å². The number of hydrogen-bond acceptors (Lipinski definition) is 4. The Balaban J connectivity index is 2.14. The third-order valence-electron chi connectivity index (χ3n) is 5.52. The van der Waals surface area contributed by atoms with Crippen LogP contribution >= 0.6 is 0 Å². The molecular weight excluding hydrogens is 352 g/mol. The first kappa shape index (κ1) is 18.1. The number of fused-ring (bicyclic) bond motifs is 7. The van der Waals surface area contributed by atoms with Gasteiger partial charge in [0.2, 0.25) is 0 Å². The van der Waals surface area contributed by atoms with Crippen molar-refractivity contribution in [2.75, 3.05) is 14.1 Å². The van der Waals surface area contributed by atoms with Gasteiger partial charge in [0.1, 0.15) is 0 Å². The van der Waals surface area contributed by atoms with Gasteiger partial charge in [-0.3, -0.25) is 4.31 Å². The van der Waals surface area contributed by atoms with E-state index in [1.807, 2.05) is 6.08 Å². The van der Waals surface area contributed by atoms with E-state index in [-0.39, 0.29) is 24.0 Å². The zero-order chi connectivity index (χ0) is 17.5. The molecule has 2 fully saturated rings. The summed E-state index contributed by atoms with van der Waals surface area (Å²) < 4.78 is 58.1. The highest BCUT2D eigenvalue weighted by molar-refractivity contribution is 7.87. The van der Waals surface area contributed by atoms with Crippen LogP contribution in [0.15, 0.2) is 12.3 Å². The van der Waals surface area contributed by atoms with Gasteiger partial charge in [0, 0.05) is 32.4 Å². The Bertz CT molecular complexity index is 706. The Morgan fingerprint density at radius 3 is 2.08 bits per heavy atom. The number of hydrogen-bond donors (Lipinski definition) is 2. The van der Waals surface area contributed by atoms with E-state index in [1.165, 1.54) is 18.4 Å². The summed E-state index contributed by atoms with van der Waals surface area (Å²) in [6.45, 7) is 0. The van der Waals surface area contributed by atoms with Gasteiger partial charge >= 0.3 is 10.2 Å². The molecule has 0 amide bonds. The molecule has 4 bridgehead atoms. The molecule has 138 valence electrons. The Hall–Kier alpha value is -0.680. The van der Waals surface area contributed by atoms with Gasteiger partial charge < -0.3 is 0 Å². The van der Waals surface area contributed by atoms with Crippen LogP contribution in [0.2, 0.25) is 0 Å². The van der Waals surface area contributed by atoms with Crippen molar-refractivity contribution < 1.29 is 16.8 Å². The number of nitrogens with zero attached hydrogens (tertiary/aromatic N) is 2. The maximum absolute atomic E-state index is 12.7. The van der Waals surface area contributed by atoms with E-state index in [0.29, 0.717) is 12.8 Å². The molecule has 0 aromatic heterocycles. The van der Waals surface area contributed by atoms with Crippen LogP contribution in [0.5, 0.6) is 0 Å². The van der Waals surface area contributed by atoms with E-state index in [0.717, 1.165) is 25.7 Å². The lowest BCUT2D eigenvalue weighted by Crippen LogP contribution is -2.59. The molecule has 0 aromatic rings. The molecule has 24 heavy (non-hydrogen) atoms. The molecule has 0 radical (unpaired) electrons. The average molecular weight is 379 g/mol. The van der Waals surface area contributed by atoms with Gasteiger partial charge in [-0.2, -0.15) is 21.1 Å². The zero-order valence-corrected chi connectivity index (χ0v) is 15.7. The molecule has 2 N–H and O–H groups in total. The fourth-order valence-corrected chi connectivity index (χ4v) is 6.85. The van der Waals surface area contributed by atoms with Crippen LogP contribution in [-0.2, 0) is 20.4 Å². The molecule has 10 heteroatoms. The monoisotopic (exact) mass is 378 g/mol. The van der Waals surface area contributed by atoms with Crippen molar-refractivity contribution >= 4 is 20.4 Å². The smallest absolute Gasteiger partial charge is 0.260 e. The first-order chi connectivity index (χ1) is 11.3. The van der Waals surface area contributed by atoms with Gasteiger partial charge in [0.25, 0.3) is 10.2 Å². The molecule has 2 saturated heterocycles. The van der Waals surface area contributed by atoms with E-state index in [4.69, 9.17) is 0 Å². The van der Waals surface area contributed by atoms with Crippen LogP contribution < -0.4 is 9.44 Å². The fourth-order valence-electron chi connectivity index (χ4n) is 4.37. The lowest BCUT2D eigenvalue weighted by Gasteiger charge is -2.42. The van der Waals surface area contributed by atoms with Gasteiger partial charge in [-0.25, -0.2) is 9.44 Å². The average Bonchev–Trinajstić information content (AvgIpc) is 2.97. The fraction of sp³-hybridized carbons (Fsp3) is 0.857. The van der Waals surface area contributed by atoms with E-state index in [1.54, 1.807) is 10.5 Å². The Morgan fingerprint density at radius 2 is 1.46 bits per heavy atom. The highest BCUT2D eigenvalue weighted by Gasteiger charge is 2.49. The highest BCUT2D eigenvalue weighted by Crippen LogP contribution is 2.41. The summed E-state index contributed by atoms with van der Waals surface area (Å²) in [5.74, 6) is 0.0378. The standard InChI is InChI=1S/C14H26N4O4S2/c1-15-23(19,20)17-10-9-11-7-8-13(17)14-6-4-3-5-12(11)18(14)24(21,22)16-2/h9-16H,3-8H2,1-2H3. The second-order valence-corrected chi connectivity index (χ2v) is 10.2. The predicted molar refractivity (Wildman–Crippen MR) is 91.3 cm³/mol.